The number of hydrogen-bond acceptors (Lipinski definition) is 7. The molecule has 0 aliphatic heterocycles. The lowest BCUT2D eigenvalue weighted by atomic mass is 10.0. The number of amides is 2. The molecule has 2 aromatic rings. The number of unbranched alkanes of at least 4 members (excludes halogenated alkanes) is 1. The Bertz CT molecular complexity index is 839. The second kappa shape index (κ2) is 7.28. The first kappa shape index (κ1) is 18.4. The van der Waals surface area contributed by atoms with Gasteiger partial charge in [-0.1, -0.05) is 18.6 Å². The van der Waals surface area contributed by atoms with Crippen LogP contribution in [0.4, 0.5) is 4.79 Å². The summed E-state index contributed by atoms with van der Waals surface area (Å²) in [7, 11) is 0. The molecule has 11 nitrogen and oxygen atoms in total. The minimum atomic E-state index is -0.815. The zero-order valence-electron chi connectivity index (χ0n) is 14.4. The van der Waals surface area contributed by atoms with E-state index in [1.54, 1.807) is 0 Å². The van der Waals surface area contributed by atoms with Crippen LogP contribution in [0.15, 0.2) is 11.1 Å². The highest BCUT2D eigenvalue weighted by atomic mass is 16.6. The summed E-state index contributed by atoms with van der Waals surface area (Å²) in [5.41, 5.74) is 3.70. The van der Waals surface area contributed by atoms with Crippen molar-refractivity contribution in [3.05, 3.63) is 22.5 Å². The van der Waals surface area contributed by atoms with Crippen molar-refractivity contribution in [3.63, 3.8) is 0 Å². The minimum absolute atomic E-state index is 0.0444. The lowest BCUT2D eigenvalue weighted by Gasteiger charge is -2.24. The molecular weight excluding hydrogens is 330 g/mol. The van der Waals surface area contributed by atoms with E-state index in [0.29, 0.717) is 0 Å². The van der Waals surface area contributed by atoms with Crippen molar-refractivity contribution < 1.29 is 14.3 Å². The van der Waals surface area contributed by atoms with Gasteiger partial charge in [0, 0.05) is 0 Å². The molecule has 3 N–H and O–H groups in total. The van der Waals surface area contributed by atoms with Gasteiger partial charge in [-0.05, 0) is 26.7 Å². The minimum Gasteiger partial charge on any atom is -0.444 e. The average Bonchev–Trinajstić information content (AvgIpc) is 2.97. The fraction of sp³-hybridized carbons (Fsp3) is 0.571. The summed E-state index contributed by atoms with van der Waals surface area (Å²) in [5, 5.41) is 9.83. The van der Waals surface area contributed by atoms with E-state index in [2.05, 4.69) is 27.5 Å². The number of aromatic nitrogens is 5. The van der Waals surface area contributed by atoms with Crippen LogP contribution in [0.25, 0.3) is 5.65 Å². The molecule has 0 atom stereocenters. The second-order valence-corrected chi connectivity index (χ2v) is 6.11. The fourth-order valence-electron chi connectivity index (χ4n) is 2.19. The molecule has 0 aliphatic rings. The molecule has 0 fully saturated rings. The topological polar surface area (TPSA) is 146 Å². The molecule has 0 bridgehead atoms. The Balaban J connectivity index is 2.06. The molecule has 11 heteroatoms. The van der Waals surface area contributed by atoms with Crippen molar-refractivity contribution in [1.29, 1.82) is 0 Å². The maximum Gasteiger partial charge on any atom is 0.409 e. The highest BCUT2D eigenvalue weighted by Gasteiger charge is 2.22. The number of fused-ring (bicyclic) bond motifs is 1. The largest absolute Gasteiger partial charge is 0.444 e. The monoisotopic (exact) mass is 351 g/mol. The fourth-order valence-corrected chi connectivity index (χ4v) is 2.19. The summed E-state index contributed by atoms with van der Waals surface area (Å²) in [6, 6.07) is 0. The highest BCUT2D eigenvalue weighted by Crippen LogP contribution is 2.17. The van der Waals surface area contributed by atoms with E-state index in [0.717, 1.165) is 34.7 Å². The quantitative estimate of drug-likeness (QED) is 0.715. The Morgan fingerprint density at radius 3 is 2.76 bits per heavy atom. The van der Waals surface area contributed by atoms with E-state index < -0.39 is 23.3 Å². The van der Waals surface area contributed by atoms with Crippen LogP contribution in [0.2, 0.25) is 0 Å². The summed E-state index contributed by atoms with van der Waals surface area (Å²) in [5.74, 6) is -0.815. The first-order valence-electron chi connectivity index (χ1n) is 7.82. The van der Waals surface area contributed by atoms with Gasteiger partial charge >= 0.3 is 11.8 Å². The molecule has 2 aromatic heterocycles. The molecule has 2 rings (SSSR count). The van der Waals surface area contributed by atoms with Crippen LogP contribution in [0.3, 0.4) is 0 Å². The number of alkyl carbamates (subject to hydrolysis) is 1. The SMILES string of the molecule is CCCCC(C)(C)OC(=O)NCn1nnc2c(C(N)=O)ncn2c1=O. The Labute approximate surface area is 143 Å². The van der Waals surface area contributed by atoms with Crippen molar-refractivity contribution in [2.24, 2.45) is 5.73 Å². The number of rotatable bonds is 7. The highest BCUT2D eigenvalue weighted by molar-refractivity contribution is 5.96. The van der Waals surface area contributed by atoms with Crippen LogP contribution in [0.1, 0.15) is 50.5 Å². The summed E-state index contributed by atoms with van der Waals surface area (Å²) in [6.07, 6.45) is 3.11. The molecule has 0 saturated carbocycles. The summed E-state index contributed by atoms with van der Waals surface area (Å²) in [4.78, 5) is 39.0. The standard InChI is InChI=1S/C14H21N7O4/c1-4-5-6-14(2,3)25-12(23)17-8-21-13(24)20-7-16-9(10(15)22)11(20)18-19-21/h7H,4-6,8H2,1-3H3,(H2,15,22)(H,17,23). The Morgan fingerprint density at radius 2 is 2.12 bits per heavy atom. The number of hydrogen-bond donors (Lipinski definition) is 2. The number of nitrogens with two attached hydrogens (primary N) is 1. The van der Waals surface area contributed by atoms with Gasteiger partial charge in [-0.15, -0.1) is 5.10 Å². The molecular formula is C14H21N7O4. The summed E-state index contributed by atoms with van der Waals surface area (Å²) in [6.45, 7) is 5.44. The van der Waals surface area contributed by atoms with E-state index in [1.807, 2.05) is 13.8 Å². The number of imidazole rings is 1. The average molecular weight is 351 g/mol. The zero-order valence-corrected chi connectivity index (χ0v) is 14.4. The van der Waals surface area contributed by atoms with Crippen LogP contribution in [-0.2, 0) is 11.4 Å². The molecule has 0 saturated heterocycles. The summed E-state index contributed by atoms with van der Waals surface area (Å²) < 4.78 is 7.25. The van der Waals surface area contributed by atoms with Crippen molar-refractivity contribution in [2.45, 2.75) is 52.3 Å². The lowest BCUT2D eigenvalue weighted by molar-refractivity contribution is 0.0295. The van der Waals surface area contributed by atoms with Gasteiger partial charge in [0.05, 0.1) is 0 Å². The number of ether oxygens (including phenoxy) is 1. The van der Waals surface area contributed by atoms with E-state index in [9.17, 15) is 14.4 Å². The smallest absolute Gasteiger partial charge is 0.409 e. The summed E-state index contributed by atoms with van der Waals surface area (Å²) >= 11 is 0. The van der Waals surface area contributed by atoms with Crippen LogP contribution >= 0.6 is 0 Å². The number of nitrogens with one attached hydrogen (secondary N) is 1. The van der Waals surface area contributed by atoms with Crippen LogP contribution in [0, 0.1) is 0 Å². The normalized spacial score (nSPS) is 11.5. The van der Waals surface area contributed by atoms with E-state index in [4.69, 9.17) is 10.5 Å². The van der Waals surface area contributed by atoms with Gasteiger partial charge in [0.2, 0.25) is 0 Å². The Morgan fingerprint density at radius 1 is 1.40 bits per heavy atom. The van der Waals surface area contributed by atoms with Crippen LogP contribution in [-0.4, -0.2) is 42.0 Å². The number of primary amides is 1. The third-order valence-corrected chi connectivity index (χ3v) is 3.52. The van der Waals surface area contributed by atoms with E-state index in [-0.39, 0.29) is 18.0 Å². The van der Waals surface area contributed by atoms with Gasteiger partial charge < -0.3 is 15.8 Å². The lowest BCUT2D eigenvalue weighted by Crippen LogP contribution is -2.40. The molecule has 0 radical (unpaired) electrons. The van der Waals surface area contributed by atoms with Crippen molar-refractivity contribution >= 4 is 17.6 Å². The van der Waals surface area contributed by atoms with E-state index >= 15 is 0 Å². The third kappa shape index (κ3) is 4.31. The molecule has 2 heterocycles. The molecule has 136 valence electrons. The predicted molar refractivity (Wildman–Crippen MR) is 86.8 cm³/mol. The van der Waals surface area contributed by atoms with Gasteiger partial charge in [0.15, 0.2) is 11.3 Å². The molecule has 25 heavy (non-hydrogen) atoms. The molecule has 0 aliphatic carbocycles. The maximum atomic E-state index is 12.2. The molecule has 2 amide bonds. The predicted octanol–water partition coefficient (Wildman–Crippen LogP) is 0.0374. The van der Waals surface area contributed by atoms with Crippen molar-refractivity contribution in [1.82, 2.24) is 29.7 Å². The number of carbonyl (C=O) groups excluding carboxylic acids is 2. The number of carbonyl (C=O) groups is 2. The van der Waals surface area contributed by atoms with Crippen molar-refractivity contribution in [2.75, 3.05) is 0 Å². The van der Waals surface area contributed by atoms with Gasteiger partial charge in [-0.2, -0.15) is 4.68 Å². The molecule has 0 aromatic carbocycles. The third-order valence-electron chi connectivity index (χ3n) is 3.52. The first-order valence-corrected chi connectivity index (χ1v) is 7.82. The zero-order chi connectivity index (χ0) is 18.6. The van der Waals surface area contributed by atoms with Gasteiger partial charge in [0.25, 0.3) is 5.91 Å². The van der Waals surface area contributed by atoms with Crippen LogP contribution < -0.4 is 16.7 Å². The first-order chi connectivity index (χ1) is 11.7. The maximum absolute atomic E-state index is 12.2. The van der Waals surface area contributed by atoms with Gasteiger partial charge in [-0.25, -0.2) is 19.0 Å². The second-order valence-electron chi connectivity index (χ2n) is 6.11. The number of nitrogens with zero attached hydrogens (tertiary/aromatic N) is 5. The van der Waals surface area contributed by atoms with Gasteiger partial charge in [0.1, 0.15) is 18.6 Å². The molecule has 0 spiro atoms. The Kier molecular flexibility index (Phi) is 5.35. The van der Waals surface area contributed by atoms with Crippen molar-refractivity contribution in [3.8, 4) is 0 Å². The van der Waals surface area contributed by atoms with Gasteiger partial charge in [-0.3, -0.25) is 4.79 Å². The van der Waals surface area contributed by atoms with Crippen LogP contribution in [0.5, 0.6) is 0 Å². The van der Waals surface area contributed by atoms with E-state index in [1.165, 1.54) is 0 Å². The molecule has 0 unspecified atom stereocenters. The Hall–Kier alpha value is -2.98.